The van der Waals surface area contributed by atoms with E-state index in [0.717, 1.165) is 60.5 Å². The quantitative estimate of drug-likeness (QED) is 0.146. The normalized spacial score (nSPS) is 13.9. The summed E-state index contributed by atoms with van der Waals surface area (Å²) in [5.41, 5.74) is 6.67. The van der Waals surface area contributed by atoms with E-state index in [1.54, 1.807) is 17.0 Å². The summed E-state index contributed by atoms with van der Waals surface area (Å²) < 4.78 is 84.2. The molecule has 2 nitrogen and oxygen atoms in total. The maximum absolute atomic E-state index is 8.80. The lowest BCUT2D eigenvalue weighted by atomic mass is 9.89. The van der Waals surface area contributed by atoms with E-state index in [1.165, 1.54) is 0 Å². The van der Waals surface area contributed by atoms with Gasteiger partial charge in [0.1, 0.15) is 0 Å². The lowest BCUT2D eigenvalue weighted by Gasteiger charge is -2.28. The van der Waals surface area contributed by atoms with Crippen molar-refractivity contribution in [3.05, 3.63) is 218 Å². The molecule has 0 atom stereocenters. The topological polar surface area (TPSA) is 6.48 Å². The summed E-state index contributed by atoms with van der Waals surface area (Å²) in [5.74, 6) is 0. The zero-order valence-electron chi connectivity index (χ0n) is 38.9. The maximum Gasteiger partial charge on any atom is 0.0645 e. The highest BCUT2D eigenvalue weighted by molar-refractivity contribution is 6.27. The van der Waals surface area contributed by atoms with Gasteiger partial charge in [0.15, 0.2) is 0 Å². The third kappa shape index (κ3) is 5.53. The molecule has 0 spiro atoms. The molecule has 0 amide bonds. The highest BCUT2D eigenvalue weighted by Gasteiger charge is 2.20. The first kappa shape index (κ1) is 22.7. The van der Waals surface area contributed by atoms with Crippen molar-refractivity contribution in [2.45, 2.75) is 0 Å². The molecular weight excluding hydrogens is 653 g/mol. The van der Waals surface area contributed by atoms with Crippen LogP contribution >= 0.6 is 0 Å². The number of hydrogen-bond acceptors (Lipinski definition) is 2. The molecule has 0 aromatic heterocycles. The zero-order chi connectivity index (χ0) is 44.6. The molecule has 0 aliphatic rings. The van der Waals surface area contributed by atoms with Gasteiger partial charge in [-0.25, -0.2) is 0 Å². The molecule has 0 N–H and O–H groups in total. The van der Waals surface area contributed by atoms with Crippen molar-refractivity contribution in [1.29, 1.82) is 0 Å². The van der Waals surface area contributed by atoms with E-state index < -0.39 is 24.2 Å². The van der Waals surface area contributed by atoms with Gasteiger partial charge in [0.05, 0.1) is 19.4 Å². The number of benzene rings is 10. The minimum atomic E-state index is -0.444. The number of hydrogen-bond donors (Lipinski definition) is 0. The van der Waals surface area contributed by atoms with Gasteiger partial charge in [-0.2, -0.15) is 0 Å². The Morgan fingerprint density at radius 2 is 0.796 bits per heavy atom. The van der Waals surface area contributed by atoms with E-state index in [0.29, 0.717) is 16.9 Å². The molecule has 10 rings (SSSR count). The van der Waals surface area contributed by atoms with Crippen LogP contribution in [-0.4, -0.2) is 0 Å². The van der Waals surface area contributed by atoms with Crippen molar-refractivity contribution in [1.82, 2.24) is 0 Å². The molecule has 0 bridgehead atoms. The van der Waals surface area contributed by atoms with Crippen molar-refractivity contribution in [2.75, 3.05) is 9.80 Å². The van der Waals surface area contributed by atoms with Crippen molar-refractivity contribution < 1.29 is 13.7 Å². The van der Waals surface area contributed by atoms with Gasteiger partial charge in [0, 0.05) is 33.8 Å². The van der Waals surface area contributed by atoms with Gasteiger partial charge in [0.25, 0.3) is 0 Å². The third-order valence-corrected chi connectivity index (χ3v) is 9.97. The minimum absolute atomic E-state index is 0.0676. The Balaban J connectivity index is 1.10. The Morgan fingerprint density at radius 3 is 1.44 bits per heavy atom. The summed E-state index contributed by atoms with van der Waals surface area (Å²) in [6.07, 6.45) is 0. The Labute approximate surface area is 329 Å². The molecule has 0 fully saturated rings. The smallest absolute Gasteiger partial charge is 0.0645 e. The fourth-order valence-corrected chi connectivity index (χ4v) is 7.54. The molecule has 0 saturated carbocycles. The van der Waals surface area contributed by atoms with Gasteiger partial charge in [-0.15, -0.1) is 0 Å². The van der Waals surface area contributed by atoms with E-state index in [2.05, 4.69) is 53.4 Å². The Hall–Kier alpha value is -7.16. The van der Waals surface area contributed by atoms with Crippen molar-refractivity contribution in [2.24, 2.45) is 0 Å². The molecule has 0 unspecified atom stereocenters. The zero-order valence-corrected chi connectivity index (χ0v) is 28.9. The van der Waals surface area contributed by atoms with Crippen molar-refractivity contribution in [3.8, 4) is 22.3 Å². The minimum Gasteiger partial charge on any atom is -0.311 e. The summed E-state index contributed by atoms with van der Waals surface area (Å²) in [5, 5.41) is 6.44. The monoisotopic (exact) mass is 698 g/mol. The van der Waals surface area contributed by atoms with Gasteiger partial charge in [-0.3, -0.25) is 0 Å². The SMILES string of the molecule is [2H]c1c([2H])c([2H])c(-c2ccc(N(c3ccccc3)c3ccc4ccc5c(-c6ccc(N(c7ccccc7)c7c([2H])c([2H])c([2H])c([2H])c7[2H])cc6)ccc6ccc3c4c65)cc2)c([2H])c1[2H]. The first-order valence-electron chi connectivity index (χ1n) is 22.7. The van der Waals surface area contributed by atoms with Crippen LogP contribution < -0.4 is 9.80 Å². The van der Waals surface area contributed by atoms with Gasteiger partial charge in [-0.1, -0.05) is 151 Å². The molecule has 0 aliphatic heterocycles. The van der Waals surface area contributed by atoms with Crippen LogP contribution in [0.1, 0.15) is 13.7 Å². The van der Waals surface area contributed by atoms with Crippen LogP contribution in [0, 0.1) is 0 Å². The van der Waals surface area contributed by atoms with Crippen molar-refractivity contribution in [3.63, 3.8) is 0 Å². The second-order valence-electron chi connectivity index (χ2n) is 13.0. The lowest BCUT2D eigenvalue weighted by Crippen LogP contribution is -2.10. The van der Waals surface area contributed by atoms with Crippen LogP contribution in [0.4, 0.5) is 34.1 Å². The molecule has 10 aromatic rings. The lowest BCUT2D eigenvalue weighted by molar-refractivity contribution is 1.28. The summed E-state index contributed by atoms with van der Waals surface area (Å²) in [6, 6.07) is 48.2. The van der Waals surface area contributed by atoms with Crippen LogP contribution in [0.2, 0.25) is 0 Å². The second kappa shape index (κ2) is 13.4. The Kier molecular flexibility index (Phi) is 5.65. The first-order valence-corrected chi connectivity index (χ1v) is 17.7. The predicted octanol–water partition coefficient (Wildman–Crippen LogP) is 14.9. The number of anilines is 6. The van der Waals surface area contributed by atoms with E-state index >= 15 is 0 Å². The van der Waals surface area contributed by atoms with E-state index in [1.807, 2.05) is 97.1 Å². The van der Waals surface area contributed by atoms with E-state index in [4.69, 9.17) is 13.7 Å². The molecule has 2 heteroatoms. The average Bonchev–Trinajstić information content (AvgIpc) is 3.33. The van der Waals surface area contributed by atoms with Crippen LogP contribution in [0.25, 0.3) is 54.6 Å². The molecule has 10 aromatic carbocycles. The Bertz CT molecular complexity index is 3380. The van der Waals surface area contributed by atoms with Gasteiger partial charge in [-0.05, 0) is 116 Å². The van der Waals surface area contributed by atoms with Gasteiger partial charge >= 0.3 is 0 Å². The maximum atomic E-state index is 8.80. The standard InChI is InChI=1S/C52H36N2/c1-5-13-37(14-6-1)38-21-29-46(30-22-38)54(44-19-11-4-12-20-44)50-36-28-41-26-34-48-47(33-25-40-27-35-49(50)52(41)51(40)48)39-23-31-45(32-24-39)53(42-15-7-2-8-16-42)43-17-9-3-10-18-43/h1-36H/i1D,2D,5D,6D,7D,8D,13D,14D,15D,16D. The van der Waals surface area contributed by atoms with Crippen LogP contribution in [0.5, 0.6) is 0 Å². The molecular formula is C52H36N2. The fraction of sp³-hybridized carbons (Fsp3) is 0. The number of nitrogens with zero attached hydrogens (tertiary/aromatic N) is 2. The largest absolute Gasteiger partial charge is 0.311 e. The van der Waals surface area contributed by atoms with Crippen LogP contribution in [0.15, 0.2) is 218 Å². The Morgan fingerprint density at radius 1 is 0.315 bits per heavy atom. The second-order valence-corrected chi connectivity index (χ2v) is 13.0. The van der Waals surface area contributed by atoms with E-state index in [-0.39, 0.29) is 47.5 Å². The highest BCUT2D eigenvalue weighted by atomic mass is 15.1. The van der Waals surface area contributed by atoms with Crippen LogP contribution in [-0.2, 0) is 0 Å². The number of para-hydroxylation sites is 3. The van der Waals surface area contributed by atoms with Gasteiger partial charge < -0.3 is 9.80 Å². The van der Waals surface area contributed by atoms with E-state index in [9.17, 15) is 0 Å². The van der Waals surface area contributed by atoms with Gasteiger partial charge in [0.2, 0.25) is 0 Å². The summed E-state index contributed by atoms with van der Waals surface area (Å²) in [7, 11) is 0. The predicted molar refractivity (Wildman–Crippen MR) is 230 cm³/mol. The highest BCUT2D eigenvalue weighted by Crippen LogP contribution is 2.46. The summed E-state index contributed by atoms with van der Waals surface area (Å²) in [6.45, 7) is 0. The molecule has 0 radical (unpaired) electrons. The molecule has 0 saturated heterocycles. The average molecular weight is 699 g/mol. The summed E-state index contributed by atoms with van der Waals surface area (Å²) in [4.78, 5) is 3.88. The molecule has 0 aliphatic carbocycles. The van der Waals surface area contributed by atoms with Crippen LogP contribution in [0.3, 0.4) is 0 Å². The summed E-state index contributed by atoms with van der Waals surface area (Å²) >= 11 is 0. The third-order valence-electron chi connectivity index (χ3n) is 9.97. The molecule has 254 valence electrons. The fourth-order valence-electron chi connectivity index (χ4n) is 7.54. The first-order chi connectivity index (χ1) is 30.9. The molecule has 54 heavy (non-hydrogen) atoms. The molecule has 0 heterocycles. The number of rotatable bonds is 8. The van der Waals surface area contributed by atoms with Crippen molar-refractivity contribution >= 4 is 66.4 Å².